The van der Waals surface area contributed by atoms with Gasteiger partial charge < -0.3 is 10.6 Å². The molecule has 0 radical (unpaired) electrons. The number of hydrogen-bond donors (Lipinski definition) is 1. The molecule has 0 aliphatic carbocycles. The quantitative estimate of drug-likeness (QED) is 0.897. The van der Waals surface area contributed by atoms with Gasteiger partial charge in [0.2, 0.25) is 0 Å². The molecule has 0 saturated carbocycles. The maximum Gasteiger partial charge on any atom is 0.267 e. The Balaban J connectivity index is 2.26. The first-order valence-electron chi connectivity index (χ1n) is 6.79. The number of nitrogens with two attached hydrogens (primary N) is 1. The number of carbonyl (C=O) groups excluding carboxylic acids is 1. The largest absolute Gasteiger partial charge is 0.334 e. The molecule has 106 valence electrons. The molecule has 19 heavy (non-hydrogen) atoms. The summed E-state index contributed by atoms with van der Waals surface area (Å²) in [6, 6.07) is 0.163. The van der Waals surface area contributed by atoms with E-state index in [1.807, 2.05) is 4.90 Å². The van der Waals surface area contributed by atoms with Crippen molar-refractivity contribution in [3.8, 4) is 0 Å². The molecule has 1 fully saturated rings. The smallest absolute Gasteiger partial charge is 0.267 e. The van der Waals surface area contributed by atoms with Crippen LogP contribution in [0.25, 0.3) is 0 Å². The molecular formula is C13H22N4OS. The van der Waals surface area contributed by atoms with Crippen LogP contribution in [0.3, 0.4) is 0 Å². The van der Waals surface area contributed by atoms with Crippen molar-refractivity contribution in [2.24, 2.45) is 5.73 Å². The maximum atomic E-state index is 12.7. The fourth-order valence-electron chi connectivity index (χ4n) is 2.47. The molecule has 2 rings (SSSR count). The molecule has 1 atom stereocenters. The van der Waals surface area contributed by atoms with Gasteiger partial charge in [0.15, 0.2) is 0 Å². The molecule has 0 spiro atoms. The van der Waals surface area contributed by atoms with E-state index in [1.54, 1.807) is 0 Å². The van der Waals surface area contributed by atoms with Crippen molar-refractivity contribution in [2.45, 2.75) is 51.5 Å². The second-order valence-electron chi connectivity index (χ2n) is 6.08. The van der Waals surface area contributed by atoms with Gasteiger partial charge >= 0.3 is 0 Å². The SMILES string of the molecule is CC(C)(C)c1nnsc1C(=O)N1CCCCC1CN. The van der Waals surface area contributed by atoms with Crippen LogP contribution in [0.5, 0.6) is 0 Å². The summed E-state index contributed by atoms with van der Waals surface area (Å²) >= 11 is 1.20. The lowest BCUT2D eigenvalue weighted by Crippen LogP contribution is -2.47. The van der Waals surface area contributed by atoms with Gasteiger partial charge in [-0.3, -0.25) is 4.79 Å². The first kappa shape index (κ1) is 14.4. The molecule has 1 amide bonds. The van der Waals surface area contributed by atoms with E-state index in [2.05, 4.69) is 30.4 Å². The molecule has 0 bridgehead atoms. The monoisotopic (exact) mass is 282 g/mol. The van der Waals surface area contributed by atoms with Crippen molar-refractivity contribution >= 4 is 17.4 Å². The Morgan fingerprint density at radius 1 is 1.47 bits per heavy atom. The molecule has 0 aromatic carbocycles. The van der Waals surface area contributed by atoms with Gasteiger partial charge in [0.25, 0.3) is 5.91 Å². The van der Waals surface area contributed by atoms with Crippen molar-refractivity contribution < 1.29 is 4.79 Å². The molecule has 5 nitrogen and oxygen atoms in total. The van der Waals surface area contributed by atoms with Gasteiger partial charge in [-0.2, -0.15) is 0 Å². The van der Waals surface area contributed by atoms with Gasteiger partial charge in [0.05, 0.1) is 5.69 Å². The van der Waals surface area contributed by atoms with Crippen LogP contribution in [0.15, 0.2) is 0 Å². The third-order valence-electron chi connectivity index (χ3n) is 3.55. The van der Waals surface area contributed by atoms with Crippen LogP contribution in [0.4, 0.5) is 0 Å². The van der Waals surface area contributed by atoms with E-state index >= 15 is 0 Å². The van der Waals surface area contributed by atoms with Crippen molar-refractivity contribution in [3.63, 3.8) is 0 Å². The highest BCUT2D eigenvalue weighted by Crippen LogP contribution is 2.28. The van der Waals surface area contributed by atoms with Gasteiger partial charge in [-0.25, -0.2) is 0 Å². The summed E-state index contributed by atoms with van der Waals surface area (Å²) in [7, 11) is 0. The third-order valence-corrected chi connectivity index (χ3v) is 4.27. The minimum atomic E-state index is -0.161. The Labute approximate surface area is 118 Å². The van der Waals surface area contributed by atoms with Crippen molar-refractivity contribution in [3.05, 3.63) is 10.6 Å². The first-order valence-corrected chi connectivity index (χ1v) is 7.56. The fraction of sp³-hybridized carbons (Fsp3) is 0.769. The van der Waals surface area contributed by atoms with Crippen LogP contribution in [-0.2, 0) is 5.41 Å². The molecule has 2 heterocycles. The van der Waals surface area contributed by atoms with Gasteiger partial charge in [-0.05, 0) is 30.8 Å². The highest BCUT2D eigenvalue weighted by Gasteiger charge is 2.32. The van der Waals surface area contributed by atoms with Gasteiger partial charge in [-0.15, -0.1) is 5.10 Å². The van der Waals surface area contributed by atoms with Crippen LogP contribution < -0.4 is 5.73 Å². The molecule has 2 N–H and O–H groups in total. The Hall–Kier alpha value is -1.01. The van der Waals surface area contributed by atoms with E-state index < -0.39 is 0 Å². The minimum Gasteiger partial charge on any atom is -0.334 e. The van der Waals surface area contributed by atoms with Crippen LogP contribution in [-0.4, -0.2) is 39.5 Å². The zero-order valence-electron chi connectivity index (χ0n) is 11.8. The summed E-state index contributed by atoms with van der Waals surface area (Å²) in [5.74, 6) is 0.0510. The molecule has 1 saturated heterocycles. The lowest BCUT2D eigenvalue weighted by atomic mass is 9.91. The van der Waals surface area contributed by atoms with E-state index in [9.17, 15) is 4.79 Å². The molecule has 1 unspecified atom stereocenters. The number of likely N-dealkylation sites (tertiary alicyclic amines) is 1. The van der Waals surface area contributed by atoms with E-state index in [4.69, 9.17) is 5.73 Å². The maximum absolute atomic E-state index is 12.7. The Morgan fingerprint density at radius 3 is 2.84 bits per heavy atom. The van der Waals surface area contributed by atoms with Crippen LogP contribution in [0, 0.1) is 0 Å². The van der Waals surface area contributed by atoms with Crippen molar-refractivity contribution in [1.29, 1.82) is 0 Å². The van der Waals surface area contributed by atoms with Crippen LogP contribution in [0.2, 0.25) is 0 Å². The standard InChI is InChI=1S/C13H22N4OS/c1-13(2,3)11-10(19-16-15-11)12(18)17-7-5-4-6-9(17)8-14/h9H,4-8,14H2,1-3H3. The third kappa shape index (κ3) is 2.95. The van der Waals surface area contributed by atoms with Gasteiger partial charge in [0, 0.05) is 24.5 Å². The zero-order chi connectivity index (χ0) is 14.0. The average molecular weight is 282 g/mol. The number of carbonyl (C=O) groups is 1. The lowest BCUT2D eigenvalue weighted by Gasteiger charge is -2.35. The van der Waals surface area contributed by atoms with E-state index in [0.717, 1.165) is 31.5 Å². The number of hydrogen-bond acceptors (Lipinski definition) is 5. The zero-order valence-corrected chi connectivity index (χ0v) is 12.7. The predicted molar refractivity (Wildman–Crippen MR) is 76.3 cm³/mol. The second-order valence-corrected chi connectivity index (χ2v) is 6.84. The Morgan fingerprint density at radius 2 is 2.21 bits per heavy atom. The number of piperidine rings is 1. The summed E-state index contributed by atoms with van der Waals surface area (Å²) in [5.41, 5.74) is 6.42. The average Bonchev–Trinajstić information content (AvgIpc) is 2.87. The number of aromatic nitrogens is 2. The molecule has 1 aliphatic heterocycles. The highest BCUT2D eigenvalue weighted by molar-refractivity contribution is 7.08. The van der Waals surface area contributed by atoms with Crippen molar-refractivity contribution in [1.82, 2.24) is 14.5 Å². The number of nitrogens with zero attached hydrogens (tertiary/aromatic N) is 3. The normalized spacial score (nSPS) is 20.6. The molecule has 1 aliphatic rings. The molecule has 6 heteroatoms. The molecular weight excluding hydrogens is 260 g/mol. The highest BCUT2D eigenvalue weighted by atomic mass is 32.1. The first-order chi connectivity index (χ1) is 8.95. The summed E-state index contributed by atoms with van der Waals surface area (Å²) in [4.78, 5) is 15.3. The number of amides is 1. The number of rotatable bonds is 2. The summed E-state index contributed by atoms with van der Waals surface area (Å²) in [6.07, 6.45) is 3.21. The van der Waals surface area contributed by atoms with Crippen molar-refractivity contribution in [2.75, 3.05) is 13.1 Å². The topological polar surface area (TPSA) is 72.1 Å². The summed E-state index contributed by atoms with van der Waals surface area (Å²) in [5, 5.41) is 4.14. The Kier molecular flexibility index (Phi) is 4.20. The van der Waals surface area contributed by atoms with Crippen LogP contribution in [0.1, 0.15) is 55.4 Å². The molecule has 1 aromatic heterocycles. The fourth-order valence-corrected chi connectivity index (χ4v) is 3.30. The van der Waals surface area contributed by atoms with E-state index in [1.165, 1.54) is 11.5 Å². The van der Waals surface area contributed by atoms with Crippen LogP contribution >= 0.6 is 11.5 Å². The van der Waals surface area contributed by atoms with Gasteiger partial charge in [-0.1, -0.05) is 25.3 Å². The second kappa shape index (κ2) is 5.54. The predicted octanol–water partition coefficient (Wildman–Crippen LogP) is 1.79. The lowest BCUT2D eigenvalue weighted by molar-refractivity contribution is 0.0625. The minimum absolute atomic E-state index is 0.0510. The van der Waals surface area contributed by atoms with E-state index in [-0.39, 0.29) is 17.4 Å². The van der Waals surface area contributed by atoms with E-state index in [0.29, 0.717) is 11.4 Å². The summed E-state index contributed by atoms with van der Waals surface area (Å²) < 4.78 is 3.97. The van der Waals surface area contributed by atoms with Gasteiger partial charge in [0.1, 0.15) is 4.88 Å². The Bertz CT molecular complexity index is 452. The summed E-state index contributed by atoms with van der Waals surface area (Å²) in [6.45, 7) is 7.48. The molecule has 1 aromatic rings.